The molecule has 0 aromatic heterocycles. The summed E-state index contributed by atoms with van der Waals surface area (Å²) in [6.45, 7) is 5.88. The Morgan fingerprint density at radius 2 is 2.22 bits per heavy atom. The molecule has 1 aliphatic rings. The Bertz CT molecular complexity index is 373. The molecule has 8 heteroatoms. The van der Waals surface area contributed by atoms with Gasteiger partial charge in [-0.1, -0.05) is 6.92 Å². The van der Waals surface area contributed by atoms with Gasteiger partial charge in [-0.05, 0) is 6.92 Å². The second kappa shape index (κ2) is 8.16. The van der Waals surface area contributed by atoms with Gasteiger partial charge in [-0.25, -0.2) is 8.42 Å². The van der Waals surface area contributed by atoms with Gasteiger partial charge in [0.15, 0.2) is 15.8 Å². The summed E-state index contributed by atoms with van der Waals surface area (Å²) >= 11 is 0. The van der Waals surface area contributed by atoms with Gasteiger partial charge >= 0.3 is 0 Å². The fourth-order valence-corrected chi connectivity index (χ4v) is 2.23. The Kier molecular flexibility index (Phi) is 8.11. The van der Waals surface area contributed by atoms with Crippen LogP contribution in [0, 0.1) is 0 Å². The highest BCUT2D eigenvalue weighted by Gasteiger charge is 2.18. The maximum atomic E-state index is 11.3. The molecule has 0 spiro atoms. The van der Waals surface area contributed by atoms with E-state index in [1.807, 2.05) is 11.8 Å². The van der Waals surface area contributed by atoms with Crippen LogP contribution in [0.4, 0.5) is 0 Å². The third-order valence-corrected chi connectivity index (χ3v) is 4.37. The first-order chi connectivity index (χ1) is 7.94. The topological polar surface area (TPSA) is 85.0 Å². The average molecular weight is 391 g/mol. The normalized spacial score (nSPS) is 21.6. The number of ether oxygens (including phenoxy) is 1. The van der Waals surface area contributed by atoms with Crippen molar-refractivity contribution in [2.24, 2.45) is 10.7 Å². The summed E-state index contributed by atoms with van der Waals surface area (Å²) in [5, 5.41) is 0. The second-order valence-electron chi connectivity index (χ2n) is 4.10. The van der Waals surface area contributed by atoms with Crippen LogP contribution in [0.25, 0.3) is 0 Å². The van der Waals surface area contributed by atoms with E-state index in [0.29, 0.717) is 25.7 Å². The van der Waals surface area contributed by atoms with Crippen molar-refractivity contribution in [3.8, 4) is 0 Å². The summed E-state index contributed by atoms with van der Waals surface area (Å²) in [6.07, 6.45) is 0.136. The molecule has 6 nitrogen and oxygen atoms in total. The van der Waals surface area contributed by atoms with Crippen molar-refractivity contribution in [1.82, 2.24) is 4.90 Å². The maximum absolute atomic E-state index is 11.3. The minimum atomic E-state index is -2.96. The minimum absolute atomic E-state index is 0. The lowest BCUT2D eigenvalue weighted by Gasteiger charge is -2.31. The van der Waals surface area contributed by atoms with E-state index in [1.165, 1.54) is 0 Å². The highest BCUT2D eigenvalue weighted by Crippen LogP contribution is 2.03. The highest BCUT2D eigenvalue weighted by atomic mass is 127. The molecule has 1 atom stereocenters. The molecule has 0 aromatic rings. The van der Waals surface area contributed by atoms with Crippen LogP contribution < -0.4 is 5.73 Å². The summed E-state index contributed by atoms with van der Waals surface area (Å²) < 4.78 is 27.9. The first kappa shape index (κ1) is 17.9. The van der Waals surface area contributed by atoms with Gasteiger partial charge in [0, 0.05) is 18.8 Å². The number of nitrogens with zero attached hydrogens (tertiary/aromatic N) is 2. The maximum Gasteiger partial charge on any atom is 0.191 e. The predicted octanol–water partition coefficient (Wildman–Crippen LogP) is 0.0745. The SMILES string of the molecule is CCS(=O)(=O)CCN=C(N)N1CCOC(C)C1.I. The van der Waals surface area contributed by atoms with Crippen molar-refractivity contribution in [1.29, 1.82) is 0 Å². The minimum Gasteiger partial charge on any atom is -0.375 e. The molecule has 2 N–H and O–H groups in total. The Morgan fingerprint density at radius 1 is 1.56 bits per heavy atom. The lowest BCUT2D eigenvalue weighted by molar-refractivity contribution is 0.00531. The molecule has 1 rings (SSSR count). The zero-order valence-electron chi connectivity index (χ0n) is 10.8. The van der Waals surface area contributed by atoms with Crippen LogP contribution in [0.2, 0.25) is 0 Å². The molecule has 18 heavy (non-hydrogen) atoms. The van der Waals surface area contributed by atoms with E-state index in [9.17, 15) is 8.42 Å². The van der Waals surface area contributed by atoms with Gasteiger partial charge in [0.05, 0.1) is 25.0 Å². The molecule has 0 aliphatic carbocycles. The number of nitrogens with two attached hydrogens (primary N) is 1. The first-order valence-corrected chi connectivity index (χ1v) is 7.63. The van der Waals surface area contributed by atoms with Gasteiger partial charge in [-0.2, -0.15) is 0 Å². The van der Waals surface area contributed by atoms with Gasteiger partial charge in [-0.3, -0.25) is 4.99 Å². The Morgan fingerprint density at radius 3 is 2.78 bits per heavy atom. The molecule has 108 valence electrons. The van der Waals surface area contributed by atoms with Crippen LogP contribution in [0.15, 0.2) is 4.99 Å². The molecule has 1 fully saturated rings. The summed E-state index contributed by atoms with van der Waals surface area (Å²) in [7, 11) is -2.96. The quantitative estimate of drug-likeness (QED) is 0.417. The van der Waals surface area contributed by atoms with E-state index in [-0.39, 0.29) is 48.1 Å². The van der Waals surface area contributed by atoms with E-state index in [1.54, 1.807) is 6.92 Å². The van der Waals surface area contributed by atoms with Crippen molar-refractivity contribution in [2.45, 2.75) is 20.0 Å². The summed E-state index contributed by atoms with van der Waals surface area (Å²) in [4.78, 5) is 6.02. The monoisotopic (exact) mass is 391 g/mol. The third-order valence-electron chi connectivity index (χ3n) is 2.68. The smallest absolute Gasteiger partial charge is 0.191 e. The molecule has 1 heterocycles. The summed E-state index contributed by atoms with van der Waals surface area (Å²) in [5.74, 6) is 0.618. The molecule has 1 saturated heterocycles. The van der Waals surface area contributed by atoms with E-state index in [4.69, 9.17) is 10.5 Å². The van der Waals surface area contributed by atoms with Gasteiger partial charge in [0.2, 0.25) is 0 Å². The van der Waals surface area contributed by atoms with Crippen molar-refractivity contribution >= 4 is 39.8 Å². The van der Waals surface area contributed by atoms with Gasteiger partial charge in [0.25, 0.3) is 0 Å². The number of morpholine rings is 1. The number of halogens is 1. The lowest BCUT2D eigenvalue weighted by atomic mass is 10.3. The van der Waals surface area contributed by atoms with E-state index < -0.39 is 9.84 Å². The molecule has 0 radical (unpaired) electrons. The van der Waals surface area contributed by atoms with Crippen LogP contribution in [0.1, 0.15) is 13.8 Å². The summed E-state index contributed by atoms with van der Waals surface area (Å²) in [6, 6.07) is 0. The lowest BCUT2D eigenvalue weighted by Crippen LogP contribution is -2.48. The molecule has 0 saturated carbocycles. The number of guanidine groups is 1. The number of rotatable bonds is 4. The number of sulfone groups is 1. The molecule has 0 bridgehead atoms. The number of aliphatic imine (C=N–C) groups is 1. The van der Waals surface area contributed by atoms with Crippen molar-refractivity contribution < 1.29 is 13.2 Å². The number of hydrogen-bond donors (Lipinski definition) is 1. The Hall–Kier alpha value is -0.0900. The van der Waals surface area contributed by atoms with Gasteiger partial charge in [-0.15, -0.1) is 24.0 Å². The molecular formula is C10H22IN3O3S. The highest BCUT2D eigenvalue weighted by molar-refractivity contribution is 14.0. The van der Waals surface area contributed by atoms with E-state index >= 15 is 0 Å². The van der Waals surface area contributed by atoms with Crippen molar-refractivity contribution in [3.63, 3.8) is 0 Å². The van der Waals surface area contributed by atoms with Crippen LogP contribution in [0.5, 0.6) is 0 Å². The van der Waals surface area contributed by atoms with Crippen LogP contribution >= 0.6 is 24.0 Å². The predicted molar refractivity (Wildman–Crippen MR) is 83.2 cm³/mol. The number of hydrogen-bond acceptors (Lipinski definition) is 4. The largest absolute Gasteiger partial charge is 0.375 e. The van der Waals surface area contributed by atoms with Crippen molar-refractivity contribution in [3.05, 3.63) is 0 Å². The zero-order chi connectivity index (χ0) is 12.9. The molecule has 1 unspecified atom stereocenters. The van der Waals surface area contributed by atoms with Gasteiger partial charge in [0.1, 0.15) is 0 Å². The molecule has 0 aromatic carbocycles. The van der Waals surface area contributed by atoms with Crippen LogP contribution in [-0.2, 0) is 14.6 Å². The fourth-order valence-electron chi connectivity index (χ4n) is 1.57. The van der Waals surface area contributed by atoms with E-state index in [2.05, 4.69) is 4.99 Å². The van der Waals surface area contributed by atoms with Gasteiger partial charge < -0.3 is 15.4 Å². The Labute approximate surface area is 126 Å². The standard InChI is InChI=1S/C10H21N3O3S.HI/c1-3-17(14,15)7-4-12-10(11)13-5-6-16-9(2)8-13;/h9H,3-8H2,1-2H3,(H2,11,12);1H. The van der Waals surface area contributed by atoms with Crippen LogP contribution in [-0.4, -0.2) is 63.1 Å². The average Bonchev–Trinajstić information content (AvgIpc) is 2.28. The fraction of sp³-hybridized carbons (Fsp3) is 0.900. The van der Waals surface area contributed by atoms with E-state index in [0.717, 1.165) is 0 Å². The second-order valence-corrected chi connectivity index (χ2v) is 6.58. The Balaban J connectivity index is 0.00000289. The molecule has 0 amide bonds. The van der Waals surface area contributed by atoms with Crippen LogP contribution in [0.3, 0.4) is 0 Å². The summed E-state index contributed by atoms with van der Waals surface area (Å²) in [5.41, 5.74) is 5.81. The third kappa shape index (κ3) is 6.19. The molecule has 1 aliphatic heterocycles. The zero-order valence-corrected chi connectivity index (χ0v) is 14.0. The molecular weight excluding hydrogens is 369 g/mol. The first-order valence-electron chi connectivity index (χ1n) is 5.81. The van der Waals surface area contributed by atoms with Crippen molar-refractivity contribution in [2.75, 3.05) is 37.7 Å².